The molecule has 1 fully saturated rings. The minimum absolute atomic E-state index is 0.0451. The molecule has 0 aromatic heterocycles. The van der Waals surface area contributed by atoms with Crippen molar-refractivity contribution in [3.05, 3.63) is 22.8 Å². The standard InChI is InChI=1S/C21H30O4/c1-12(2)14-6-7-20(3)18(24)10-21(4)15(19(14)20)9-16(25-5)13(11-22)8-17(21)23/h8,11-12,15-17,23H,6-7,9-10H2,1-5H3/t15-,16-,17+,20-,21-/m1/s1. The van der Waals surface area contributed by atoms with Crippen molar-refractivity contribution in [2.24, 2.45) is 22.7 Å². The topological polar surface area (TPSA) is 63.6 Å². The van der Waals surface area contributed by atoms with Crippen LogP contribution in [0.1, 0.15) is 53.4 Å². The average molecular weight is 346 g/mol. The van der Waals surface area contributed by atoms with E-state index in [2.05, 4.69) is 20.8 Å². The fraction of sp³-hybridized carbons (Fsp3) is 0.714. The van der Waals surface area contributed by atoms with Gasteiger partial charge in [0.25, 0.3) is 0 Å². The summed E-state index contributed by atoms with van der Waals surface area (Å²) in [7, 11) is 1.61. The highest BCUT2D eigenvalue weighted by Crippen LogP contribution is 2.61. The number of aliphatic hydroxyl groups excluding tert-OH is 1. The molecule has 138 valence electrons. The van der Waals surface area contributed by atoms with E-state index in [4.69, 9.17) is 4.74 Å². The molecule has 0 spiro atoms. The Morgan fingerprint density at radius 2 is 2.04 bits per heavy atom. The Bertz CT molecular complexity index is 659. The molecule has 1 N–H and O–H groups in total. The first-order valence-electron chi connectivity index (χ1n) is 9.33. The molecule has 0 unspecified atom stereocenters. The van der Waals surface area contributed by atoms with Gasteiger partial charge in [0.1, 0.15) is 12.1 Å². The van der Waals surface area contributed by atoms with Crippen molar-refractivity contribution in [2.45, 2.75) is 65.6 Å². The Hall–Kier alpha value is -1.26. The van der Waals surface area contributed by atoms with Crippen molar-refractivity contribution in [1.82, 2.24) is 0 Å². The maximum absolute atomic E-state index is 13.1. The number of aliphatic hydroxyl groups is 1. The van der Waals surface area contributed by atoms with E-state index in [1.807, 2.05) is 6.92 Å². The first-order chi connectivity index (χ1) is 11.7. The molecule has 0 aromatic rings. The third-order valence-electron chi connectivity index (χ3n) is 7.10. The van der Waals surface area contributed by atoms with E-state index in [1.54, 1.807) is 13.2 Å². The summed E-state index contributed by atoms with van der Waals surface area (Å²) >= 11 is 0. The van der Waals surface area contributed by atoms with Crippen molar-refractivity contribution in [1.29, 1.82) is 0 Å². The summed E-state index contributed by atoms with van der Waals surface area (Å²) in [5, 5.41) is 10.9. The minimum Gasteiger partial charge on any atom is -0.388 e. The Balaban J connectivity index is 2.20. The van der Waals surface area contributed by atoms with Crippen LogP contribution in [0.2, 0.25) is 0 Å². The van der Waals surface area contributed by atoms with Crippen LogP contribution < -0.4 is 0 Å². The van der Waals surface area contributed by atoms with Crippen LogP contribution in [0.5, 0.6) is 0 Å². The maximum atomic E-state index is 13.1. The highest BCUT2D eigenvalue weighted by atomic mass is 16.5. The van der Waals surface area contributed by atoms with Crippen LogP contribution in [0.25, 0.3) is 0 Å². The molecule has 0 aliphatic heterocycles. The second-order valence-corrected chi connectivity index (χ2v) is 8.77. The Morgan fingerprint density at radius 3 is 2.60 bits per heavy atom. The van der Waals surface area contributed by atoms with E-state index in [-0.39, 0.29) is 17.8 Å². The van der Waals surface area contributed by atoms with E-state index < -0.39 is 16.9 Å². The quantitative estimate of drug-likeness (QED) is 0.629. The number of carbonyl (C=O) groups excluding carboxylic acids is 2. The number of ketones is 1. The van der Waals surface area contributed by atoms with Gasteiger partial charge in [-0.1, -0.05) is 31.9 Å². The van der Waals surface area contributed by atoms with Gasteiger partial charge in [0, 0.05) is 29.9 Å². The first-order valence-corrected chi connectivity index (χ1v) is 9.33. The van der Waals surface area contributed by atoms with Crippen molar-refractivity contribution >= 4 is 12.1 Å². The highest BCUT2D eigenvalue weighted by Gasteiger charge is 2.59. The smallest absolute Gasteiger partial charge is 0.148 e. The largest absolute Gasteiger partial charge is 0.388 e. The number of methoxy groups -OCH3 is 1. The summed E-state index contributed by atoms with van der Waals surface area (Å²) in [5.74, 6) is 0.656. The molecule has 4 nitrogen and oxygen atoms in total. The lowest BCUT2D eigenvalue weighted by Crippen LogP contribution is -2.51. The fourth-order valence-electron chi connectivity index (χ4n) is 5.38. The van der Waals surface area contributed by atoms with Gasteiger partial charge in [-0.05, 0) is 44.1 Å². The molecule has 0 saturated heterocycles. The molecule has 0 aromatic carbocycles. The molecule has 0 radical (unpaired) electrons. The molecule has 25 heavy (non-hydrogen) atoms. The van der Waals surface area contributed by atoms with Crippen molar-refractivity contribution in [2.75, 3.05) is 7.11 Å². The molecule has 3 rings (SSSR count). The zero-order valence-electron chi connectivity index (χ0n) is 16.0. The molecule has 5 atom stereocenters. The SMILES string of the molecule is CO[C@@H]1C[C@@H]2C3=C(C(C)C)CC[C@]3(C)C(=O)C[C@@]2(C)[C@@H](O)C=C1C=O. The number of Topliss-reactive ketones (excluding diaryl/α,β-unsaturated/α-hetero) is 1. The number of hydrogen-bond acceptors (Lipinski definition) is 4. The summed E-state index contributed by atoms with van der Waals surface area (Å²) in [6, 6.07) is 0. The van der Waals surface area contributed by atoms with Crippen molar-refractivity contribution in [3.63, 3.8) is 0 Å². The molecule has 0 bridgehead atoms. The molecule has 4 heteroatoms. The van der Waals surface area contributed by atoms with E-state index in [0.717, 1.165) is 19.1 Å². The predicted molar refractivity (Wildman–Crippen MR) is 96.0 cm³/mol. The summed E-state index contributed by atoms with van der Waals surface area (Å²) in [6.07, 6.45) is 4.04. The second-order valence-electron chi connectivity index (χ2n) is 8.77. The highest BCUT2D eigenvalue weighted by molar-refractivity contribution is 5.91. The lowest BCUT2D eigenvalue weighted by atomic mass is 9.53. The predicted octanol–water partition coefficient (Wildman–Crippen LogP) is 3.24. The van der Waals surface area contributed by atoms with E-state index >= 15 is 0 Å². The number of allylic oxidation sites excluding steroid dienone is 2. The molecule has 1 saturated carbocycles. The summed E-state index contributed by atoms with van der Waals surface area (Å²) in [6.45, 7) is 8.44. The van der Waals surface area contributed by atoms with E-state index in [9.17, 15) is 14.7 Å². The fourth-order valence-corrected chi connectivity index (χ4v) is 5.38. The summed E-state index contributed by atoms with van der Waals surface area (Å²) in [4.78, 5) is 24.6. The zero-order valence-corrected chi connectivity index (χ0v) is 16.0. The first kappa shape index (κ1) is 18.5. The third kappa shape index (κ3) is 2.57. The Morgan fingerprint density at radius 1 is 1.36 bits per heavy atom. The molecular formula is C21H30O4. The molecule has 3 aliphatic carbocycles. The van der Waals surface area contributed by atoms with Crippen LogP contribution in [-0.4, -0.2) is 36.5 Å². The van der Waals surface area contributed by atoms with Gasteiger partial charge in [-0.25, -0.2) is 0 Å². The molecule has 0 amide bonds. The molecule has 3 aliphatic rings. The van der Waals surface area contributed by atoms with E-state index in [1.165, 1.54) is 11.1 Å². The zero-order chi connectivity index (χ0) is 18.6. The third-order valence-corrected chi connectivity index (χ3v) is 7.10. The van der Waals surface area contributed by atoms with Gasteiger partial charge in [0.15, 0.2) is 0 Å². The lowest BCUT2D eigenvalue weighted by Gasteiger charge is -2.50. The number of ether oxygens (including phenoxy) is 1. The maximum Gasteiger partial charge on any atom is 0.148 e. The van der Waals surface area contributed by atoms with Gasteiger partial charge in [0.05, 0.1) is 12.2 Å². The van der Waals surface area contributed by atoms with Crippen LogP contribution in [-0.2, 0) is 14.3 Å². The van der Waals surface area contributed by atoms with Crippen LogP contribution in [0.15, 0.2) is 22.8 Å². The number of rotatable bonds is 3. The lowest BCUT2D eigenvalue weighted by molar-refractivity contribution is -0.136. The van der Waals surface area contributed by atoms with Crippen LogP contribution in [0.4, 0.5) is 0 Å². The number of fused-ring (bicyclic) bond motifs is 3. The van der Waals surface area contributed by atoms with Crippen LogP contribution in [0.3, 0.4) is 0 Å². The summed E-state index contributed by atoms with van der Waals surface area (Å²) in [5.41, 5.74) is 2.07. The summed E-state index contributed by atoms with van der Waals surface area (Å²) < 4.78 is 5.60. The minimum atomic E-state index is -0.826. The van der Waals surface area contributed by atoms with Crippen molar-refractivity contribution < 1.29 is 19.4 Å². The van der Waals surface area contributed by atoms with Gasteiger partial charge >= 0.3 is 0 Å². The molecular weight excluding hydrogens is 316 g/mol. The number of hydrogen-bond donors (Lipinski definition) is 1. The van der Waals surface area contributed by atoms with Crippen molar-refractivity contribution in [3.8, 4) is 0 Å². The molecule has 0 heterocycles. The van der Waals surface area contributed by atoms with E-state index in [0.29, 0.717) is 24.3 Å². The average Bonchev–Trinajstić information content (AvgIpc) is 2.87. The Labute approximate surface area is 150 Å². The monoisotopic (exact) mass is 346 g/mol. The van der Waals surface area contributed by atoms with Crippen LogP contribution in [0, 0.1) is 22.7 Å². The van der Waals surface area contributed by atoms with Gasteiger partial charge in [-0.15, -0.1) is 0 Å². The van der Waals surface area contributed by atoms with Gasteiger partial charge in [-0.2, -0.15) is 0 Å². The van der Waals surface area contributed by atoms with Gasteiger partial charge in [-0.3, -0.25) is 9.59 Å². The van der Waals surface area contributed by atoms with Crippen LogP contribution >= 0.6 is 0 Å². The second kappa shape index (κ2) is 6.17. The Kier molecular flexibility index (Phi) is 4.57. The normalized spacial score (nSPS) is 41.3. The number of aldehydes is 1. The van der Waals surface area contributed by atoms with Gasteiger partial charge < -0.3 is 9.84 Å². The van der Waals surface area contributed by atoms with Gasteiger partial charge in [0.2, 0.25) is 0 Å². The number of carbonyl (C=O) groups is 2.